The van der Waals surface area contributed by atoms with Gasteiger partial charge in [0, 0.05) is 12.7 Å². The van der Waals surface area contributed by atoms with Crippen molar-refractivity contribution < 1.29 is 14.7 Å². The first-order valence-electron chi connectivity index (χ1n) is 6.35. The van der Waals surface area contributed by atoms with E-state index in [0.717, 1.165) is 12.3 Å². The number of nitrogens with zero attached hydrogens (tertiary/aromatic N) is 1. The number of carboxylic acid groups (broad SMARTS) is 1. The molecule has 0 aromatic carbocycles. The van der Waals surface area contributed by atoms with Gasteiger partial charge in [0.15, 0.2) is 0 Å². The monoisotopic (exact) mass is 263 g/mol. The molecule has 0 saturated heterocycles. The number of pyridine rings is 1. The molecule has 1 aliphatic rings. The lowest BCUT2D eigenvalue weighted by atomic mass is 10.2. The molecule has 3 N–H and O–H groups in total. The normalized spacial score (nSPS) is 13.9. The molecule has 0 bridgehead atoms. The van der Waals surface area contributed by atoms with E-state index in [0.29, 0.717) is 12.2 Å². The summed E-state index contributed by atoms with van der Waals surface area (Å²) >= 11 is 0. The predicted octanol–water partition coefficient (Wildman–Crippen LogP) is 1.38. The van der Waals surface area contributed by atoms with E-state index in [9.17, 15) is 9.59 Å². The van der Waals surface area contributed by atoms with Crippen molar-refractivity contribution in [2.24, 2.45) is 5.92 Å². The average molecular weight is 263 g/mol. The Kier molecular flexibility index (Phi) is 4.33. The minimum absolute atomic E-state index is 0.168. The van der Waals surface area contributed by atoms with E-state index in [1.165, 1.54) is 31.2 Å². The largest absolute Gasteiger partial charge is 0.478 e. The second kappa shape index (κ2) is 6.17. The molecule has 1 saturated carbocycles. The van der Waals surface area contributed by atoms with Crippen molar-refractivity contribution in [2.75, 3.05) is 6.54 Å². The summed E-state index contributed by atoms with van der Waals surface area (Å²) in [7, 11) is 0. The van der Waals surface area contributed by atoms with E-state index < -0.39 is 5.97 Å². The predicted molar refractivity (Wildman–Crippen MR) is 68.8 cm³/mol. The van der Waals surface area contributed by atoms with Crippen molar-refractivity contribution in [3.05, 3.63) is 29.6 Å². The van der Waals surface area contributed by atoms with Crippen LogP contribution in [-0.4, -0.2) is 28.6 Å². The zero-order valence-corrected chi connectivity index (χ0v) is 10.6. The molecule has 0 spiro atoms. The third kappa shape index (κ3) is 4.57. The second-order valence-electron chi connectivity index (χ2n) is 4.68. The topological polar surface area (TPSA) is 91.3 Å². The molecule has 2 amide bonds. The molecule has 1 aromatic heterocycles. The number of amides is 2. The highest BCUT2D eigenvalue weighted by Gasteiger charge is 2.20. The summed E-state index contributed by atoms with van der Waals surface area (Å²) in [5, 5.41) is 14.3. The van der Waals surface area contributed by atoms with Crippen molar-refractivity contribution in [3.8, 4) is 0 Å². The molecule has 6 heteroatoms. The van der Waals surface area contributed by atoms with Crippen LogP contribution >= 0.6 is 0 Å². The molecule has 102 valence electrons. The van der Waals surface area contributed by atoms with Crippen LogP contribution < -0.4 is 10.6 Å². The Labute approximate surface area is 111 Å². The lowest BCUT2D eigenvalue weighted by Crippen LogP contribution is -2.35. The van der Waals surface area contributed by atoms with Crippen LogP contribution in [0.4, 0.5) is 4.79 Å². The van der Waals surface area contributed by atoms with Crippen LogP contribution in [-0.2, 0) is 6.54 Å². The van der Waals surface area contributed by atoms with E-state index >= 15 is 0 Å². The van der Waals surface area contributed by atoms with Crippen molar-refractivity contribution >= 4 is 12.0 Å². The Hall–Kier alpha value is -2.11. The van der Waals surface area contributed by atoms with Crippen molar-refractivity contribution in [3.63, 3.8) is 0 Å². The van der Waals surface area contributed by atoms with Gasteiger partial charge in [0.1, 0.15) is 0 Å². The zero-order chi connectivity index (χ0) is 13.7. The number of urea groups is 1. The fraction of sp³-hybridized carbons (Fsp3) is 0.462. The highest BCUT2D eigenvalue weighted by atomic mass is 16.4. The zero-order valence-electron chi connectivity index (χ0n) is 10.6. The van der Waals surface area contributed by atoms with E-state index in [4.69, 9.17) is 5.11 Å². The number of carbonyl (C=O) groups excluding carboxylic acids is 1. The molecule has 19 heavy (non-hydrogen) atoms. The highest BCUT2D eigenvalue weighted by molar-refractivity contribution is 5.87. The maximum absolute atomic E-state index is 11.5. The second-order valence-corrected chi connectivity index (χ2v) is 4.68. The van der Waals surface area contributed by atoms with Gasteiger partial charge in [-0.2, -0.15) is 0 Å². The summed E-state index contributed by atoms with van der Waals surface area (Å²) in [6.45, 7) is 0.898. The molecular formula is C13H17N3O3. The van der Waals surface area contributed by atoms with E-state index in [-0.39, 0.29) is 18.1 Å². The van der Waals surface area contributed by atoms with E-state index in [1.807, 2.05) is 0 Å². The maximum atomic E-state index is 11.5. The van der Waals surface area contributed by atoms with Gasteiger partial charge in [-0.25, -0.2) is 9.59 Å². The van der Waals surface area contributed by atoms with E-state index in [1.54, 1.807) is 0 Å². The minimum atomic E-state index is -1.00. The van der Waals surface area contributed by atoms with Gasteiger partial charge in [-0.3, -0.25) is 4.98 Å². The molecule has 1 aliphatic carbocycles. The molecule has 6 nitrogen and oxygen atoms in total. The van der Waals surface area contributed by atoms with Gasteiger partial charge >= 0.3 is 12.0 Å². The van der Waals surface area contributed by atoms with Crippen LogP contribution in [0.15, 0.2) is 18.3 Å². The molecule has 2 rings (SSSR count). The number of nitrogens with one attached hydrogen (secondary N) is 2. The standard InChI is InChI=1S/C13H17N3O3/c17-12(18)10-4-6-14-11(7-10)8-16-13(19)15-5-3-9-1-2-9/h4,6-7,9H,1-3,5,8H2,(H,17,18)(H2,15,16,19). The molecule has 1 fully saturated rings. The van der Waals surface area contributed by atoms with E-state index in [2.05, 4.69) is 15.6 Å². The van der Waals surface area contributed by atoms with Gasteiger partial charge in [0.25, 0.3) is 0 Å². The van der Waals surface area contributed by atoms with Crippen molar-refractivity contribution in [1.29, 1.82) is 0 Å². The molecule has 1 aromatic rings. The van der Waals surface area contributed by atoms with Gasteiger partial charge in [-0.05, 0) is 24.5 Å². The lowest BCUT2D eigenvalue weighted by molar-refractivity contribution is 0.0696. The number of hydrogen-bond acceptors (Lipinski definition) is 3. The number of aromatic carboxylic acids is 1. The SMILES string of the molecule is O=C(NCCC1CC1)NCc1cc(C(=O)O)ccn1. The summed E-state index contributed by atoms with van der Waals surface area (Å²) < 4.78 is 0. The van der Waals surface area contributed by atoms with Crippen LogP contribution in [0.25, 0.3) is 0 Å². The number of hydrogen-bond donors (Lipinski definition) is 3. The summed E-state index contributed by atoms with van der Waals surface area (Å²) in [5.74, 6) is -0.216. The molecule has 0 aliphatic heterocycles. The van der Waals surface area contributed by atoms with Gasteiger partial charge in [-0.1, -0.05) is 12.8 Å². The first kappa shape index (κ1) is 13.3. The Morgan fingerprint density at radius 2 is 2.16 bits per heavy atom. The summed E-state index contributed by atoms with van der Waals surface area (Å²) in [6, 6.07) is 2.62. The maximum Gasteiger partial charge on any atom is 0.335 e. The Bertz CT molecular complexity index is 472. The summed E-state index contributed by atoms with van der Waals surface area (Å²) in [4.78, 5) is 26.3. The van der Waals surface area contributed by atoms with Crippen LogP contribution in [0.1, 0.15) is 35.3 Å². The number of aromatic nitrogens is 1. The van der Waals surface area contributed by atoms with Crippen LogP contribution in [0.5, 0.6) is 0 Å². The molecule has 0 unspecified atom stereocenters. The molecule has 1 heterocycles. The third-order valence-electron chi connectivity index (χ3n) is 3.03. The molecule has 0 radical (unpaired) electrons. The number of rotatable bonds is 6. The lowest BCUT2D eigenvalue weighted by Gasteiger charge is -2.07. The van der Waals surface area contributed by atoms with Crippen molar-refractivity contribution in [2.45, 2.75) is 25.8 Å². The van der Waals surface area contributed by atoms with Gasteiger partial charge < -0.3 is 15.7 Å². The van der Waals surface area contributed by atoms with Crippen LogP contribution in [0, 0.1) is 5.92 Å². The van der Waals surface area contributed by atoms with Gasteiger partial charge in [-0.15, -0.1) is 0 Å². The fourth-order valence-corrected chi connectivity index (χ4v) is 1.74. The first-order chi connectivity index (χ1) is 9.15. The van der Waals surface area contributed by atoms with Gasteiger partial charge in [0.2, 0.25) is 0 Å². The third-order valence-corrected chi connectivity index (χ3v) is 3.03. The summed E-state index contributed by atoms with van der Waals surface area (Å²) in [5.41, 5.74) is 0.693. The average Bonchev–Trinajstić information content (AvgIpc) is 3.21. The number of carboxylic acids is 1. The Morgan fingerprint density at radius 1 is 1.37 bits per heavy atom. The van der Waals surface area contributed by atoms with Crippen LogP contribution in [0.3, 0.4) is 0 Å². The van der Waals surface area contributed by atoms with Crippen LogP contribution in [0.2, 0.25) is 0 Å². The molecular weight excluding hydrogens is 246 g/mol. The summed E-state index contributed by atoms with van der Waals surface area (Å²) in [6.07, 6.45) is 5.00. The minimum Gasteiger partial charge on any atom is -0.478 e. The Balaban J connectivity index is 1.72. The first-order valence-corrected chi connectivity index (χ1v) is 6.35. The number of carbonyl (C=O) groups is 2. The van der Waals surface area contributed by atoms with Gasteiger partial charge in [0.05, 0.1) is 17.8 Å². The quantitative estimate of drug-likeness (QED) is 0.723. The molecule has 0 atom stereocenters. The fourth-order valence-electron chi connectivity index (χ4n) is 1.74. The van der Waals surface area contributed by atoms with Crippen molar-refractivity contribution in [1.82, 2.24) is 15.6 Å². The smallest absolute Gasteiger partial charge is 0.335 e. The highest BCUT2D eigenvalue weighted by Crippen LogP contribution is 2.31. The Morgan fingerprint density at radius 3 is 2.84 bits per heavy atom.